The van der Waals surface area contributed by atoms with E-state index in [1.807, 2.05) is 38.1 Å². The molecule has 0 bridgehead atoms. The van der Waals surface area contributed by atoms with Gasteiger partial charge in [0.15, 0.2) is 5.78 Å². The van der Waals surface area contributed by atoms with Gasteiger partial charge in [0, 0.05) is 12.1 Å². The average Bonchev–Trinajstić information content (AvgIpc) is 2.76. The largest absolute Gasteiger partial charge is 0.330 e. The SMILES string of the molecule is CCn1nc(C)c(Cl)c1CC(=O)c1ccccc1CCN. The van der Waals surface area contributed by atoms with Crippen molar-refractivity contribution in [1.82, 2.24) is 9.78 Å². The summed E-state index contributed by atoms with van der Waals surface area (Å²) in [6.45, 7) is 5.06. The van der Waals surface area contributed by atoms with E-state index in [-0.39, 0.29) is 12.2 Å². The Morgan fingerprint density at radius 2 is 2.10 bits per heavy atom. The molecule has 5 heteroatoms. The van der Waals surface area contributed by atoms with Crippen LogP contribution in [0.4, 0.5) is 0 Å². The van der Waals surface area contributed by atoms with E-state index < -0.39 is 0 Å². The van der Waals surface area contributed by atoms with E-state index in [1.165, 1.54) is 0 Å². The maximum Gasteiger partial charge on any atom is 0.169 e. The lowest BCUT2D eigenvalue weighted by atomic mass is 9.98. The van der Waals surface area contributed by atoms with E-state index >= 15 is 0 Å². The monoisotopic (exact) mass is 305 g/mol. The zero-order valence-corrected chi connectivity index (χ0v) is 13.2. The summed E-state index contributed by atoms with van der Waals surface area (Å²) in [5.41, 5.74) is 8.86. The Bertz CT molecular complexity index is 649. The molecule has 0 aliphatic rings. The number of aryl methyl sites for hydroxylation is 2. The van der Waals surface area contributed by atoms with Gasteiger partial charge in [0.1, 0.15) is 0 Å². The molecule has 0 unspecified atom stereocenters. The third kappa shape index (κ3) is 3.34. The van der Waals surface area contributed by atoms with Crippen LogP contribution in [0.5, 0.6) is 0 Å². The normalized spacial score (nSPS) is 10.9. The van der Waals surface area contributed by atoms with Crippen LogP contribution in [0, 0.1) is 6.92 Å². The first kappa shape index (κ1) is 15.7. The molecule has 0 atom stereocenters. The van der Waals surface area contributed by atoms with Crippen LogP contribution in [0.25, 0.3) is 0 Å². The minimum absolute atomic E-state index is 0.0514. The van der Waals surface area contributed by atoms with Gasteiger partial charge >= 0.3 is 0 Å². The molecule has 0 amide bonds. The number of Topliss-reactive ketones (excluding diaryl/α,β-unsaturated/α-hetero) is 1. The van der Waals surface area contributed by atoms with E-state index in [4.69, 9.17) is 17.3 Å². The Labute approximate surface area is 129 Å². The molecule has 2 N–H and O–H groups in total. The molecule has 112 valence electrons. The summed E-state index contributed by atoms with van der Waals surface area (Å²) >= 11 is 6.27. The maximum atomic E-state index is 12.6. The fourth-order valence-corrected chi connectivity index (χ4v) is 2.65. The summed E-state index contributed by atoms with van der Waals surface area (Å²) in [7, 11) is 0. The van der Waals surface area contributed by atoms with Crippen LogP contribution in [0.1, 0.15) is 34.2 Å². The molecular formula is C16H20ClN3O. The molecule has 2 aromatic rings. The van der Waals surface area contributed by atoms with Crippen LogP contribution >= 0.6 is 11.6 Å². The molecule has 1 aromatic heterocycles. The summed E-state index contributed by atoms with van der Waals surface area (Å²) in [5.74, 6) is 0.0514. The van der Waals surface area contributed by atoms with Gasteiger partial charge in [-0.05, 0) is 32.4 Å². The Morgan fingerprint density at radius 3 is 2.76 bits per heavy atom. The molecule has 0 fully saturated rings. The number of benzene rings is 1. The smallest absolute Gasteiger partial charge is 0.169 e. The summed E-state index contributed by atoms with van der Waals surface area (Å²) in [5, 5.41) is 4.93. The van der Waals surface area contributed by atoms with Gasteiger partial charge in [-0.2, -0.15) is 5.10 Å². The van der Waals surface area contributed by atoms with E-state index in [2.05, 4.69) is 5.10 Å². The van der Waals surface area contributed by atoms with Gasteiger partial charge in [-0.15, -0.1) is 0 Å². The zero-order valence-electron chi connectivity index (χ0n) is 12.4. The Balaban J connectivity index is 2.30. The second-order valence-corrected chi connectivity index (χ2v) is 5.34. The number of carbonyl (C=O) groups is 1. The minimum Gasteiger partial charge on any atom is -0.330 e. The molecule has 0 aliphatic heterocycles. The Hall–Kier alpha value is -1.65. The van der Waals surface area contributed by atoms with Crippen molar-refractivity contribution >= 4 is 17.4 Å². The highest BCUT2D eigenvalue weighted by molar-refractivity contribution is 6.32. The molecule has 1 heterocycles. The number of aromatic nitrogens is 2. The summed E-state index contributed by atoms with van der Waals surface area (Å²) in [4.78, 5) is 12.6. The number of nitrogens with zero attached hydrogens (tertiary/aromatic N) is 2. The first-order valence-corrected chi connectivity index (χ1v) is 7.49. The molecule has 1 aromatic carbocycles. The molecule has 0 radical (unpaired) electrons. The average molecular weight is 306 g/mol. The van der Waals surface area contributed by atoms with Gasteiger partial charge in [-0.25, -0.2) is 0 Å². The number of carbonyl (C=O) groups excluding carboxylic acids is 1. The fraction of sp³-hybridized carbons (Fsp3) is 0.375. The number of nitrogens with two attached hydrogens (primary N) is 1. The summed E-state index contributed by atoms with van der Waals surface area (Å²) < 4.78 is 1.79. The van der Waals surface area contributed by atoms with Crippen molar-refractivity contribution in [3.8, 4) is 0 Å². The van der Waals surface area contributed by atoms with Crippen LogP contribution in [-0.4, -0.2) is 22.1 Å². The highest BCUT2D eigenvalue weighted by Crippen LogP contribution is 2.22. The molecule has 2 rings (SSSR count). The predicted molar refractivity (Wildman–Crippen MR) is 84.9 cm³/mol. The fourth-order valence-electron chi connectivity index (χ4n) is 2.45. The molecular weight excluding hydrogens is 286 g/mol. The number of ketones is 1. The van der Waals surface area contributed by atoms with Crippen LogP contribution in [-0.2, 0) is 19.4 Å². The first-order valence-electron chi connectivity index (χ1n) is 7.11. The van der Waals surface area contributed by atoms with Gasteiger partial charge in [-0.1, -0.05) is 35.9 Å². The first-order chi connectivity index (χ1) is 10.1. The van der Waals surface area contributed by atoms with Gasteiger partial charge in [0.05, 0.1) is 22.8 Å². The summed E-state index contributed by atoms with van der Waals surface area (Å²) in [6, 6.07) is 7.59. The minimum atomic E-state index is 0.0514. The Kier molecular flexibility index (Phi) is 5.15. The molecule has 0 spiro atoms. The second kappa shape index (κ2) is 6.87. The molecule has 0 saturated carbocycles. The van der Waals surface area contributed by atoms with Crippen LogP contribution in [0.2, 0.25) is 5.02 Å². The van der Waals surface area contributed by atoms with Gasteiger partial charge < -0.3 is 5.73 Å². The molecule has 21 heavy (non-hydrogen) atoms. The lowest BCUT2D eigenvalue weighted by molar-refractivity contribution is 0.0989. The molecule has 0 aliphatic carbocycles. The van der Waals surface area contributed by atoms with Crippen molar-refractivity contribution in [1.29, 1.82) is 0 Å². The number of hydrogen-bond donors (Lipinski definition) is 1. The van der Waals surface area contributed by atoms with E-state index in [0.717, 1.165) is 22.5 Å². The number of halogens is 1. The standard InChI is InChI=1S/C16H20ClN3O/c1-3-20-14(16(17)11(2)19-20)10-15(21)13-7-5-4-6-12(13)8-9-18/h4-7H,3,8-10,18H2,1-2H3. The van der Waals surface area contributed by atoms with Crippen molar-refractivity contribution in [2.75, 3.05) is 6.54 Å². The van der Waals surface area contributed by atoms with Crippen molar-refractivity contribution in [3.05, 3.63) is 51.8 Å². The molecule has 4 nitrogen and oxygen atoms in total. The maximum absolute atomic E-state index is 12.6. The van der Waals surface area contributed by atoms with Crippen molar-refractivity contribution in [3.63, 3.8) is 0 Å². The van der Waals surface area contributed by atoms with Crippen LogP contribution in [0.3, 0.4) is 0 Å². The van der Waals surface area contributed by atoms with Crippen LogP contribution in [0.15, 0.2) is 24.3 Å². The lowest BCUT2D eigenvalue weighted by Gasteiger charge is -2.09. The van der Waals surface area contributed by atoms with Crippen molar-refractivity contribution < 1.29 is 4.79 Å². The highest BCUT2D eigenvalue weighted by Gasteiger charge is 2.18. The predicted octanol–water partition coefficient (Wildman–Crippen LogP) is 2.79. The third-order valence-corrected chi connectivity index (χ3v) is 4.00. The highest BCUT2D eigenvalue weighted by atomic mass is 35.5. The van der Waals surface area contributed by atoms with E-state index in [9.17, 15) is 4.79 Å². The van der Waals surface area contributed by atoms with Gasteiger partial charge in [0.25, 0.3) is 0 Å². The lowest BCUT2D eigenvalue weighted by Crippen LogP contribution is -2.13. The van der Waals surface area contributed by atoms with Crippen LogP contribution < -0.4 is 5.73 Å². The number of rotatable bonds is 6. The zero-order chi connectivity index (χ0) is 15.4. The van der Waals surface area contributed by atoms with Crippen molar-refractivity contribution in [2.24, 2.45) is 5.73 Å². The third-order valence-electron chi connectivity index (χ3n) is 3.51. The van der Waals surface area contributed by atoms with Crippen molar-refractivity contribution in [2.45, 2.75) is 33.2 Å². The topological polar surface area (TPSA) is 60.9 Å². The second-order valence-electron chi connectivity index (χ2n) is 4.96. The van der Waals surface area contributed by atoms with E-state index in [0.29, 0.717) is 24.5 Å². The van der Waals surface area contributed by atoms with E-state index in [1.54, 1.807) is 4.68 Å². The Morgan fingerprint density at radius 1 is 1.38 bits per heavy atom. The molecule has 0 saturated heterocycles. The number of hydrogen-bond acceptors (Lipinski definition) is 3. The van der Waals surface area contributed by atoms with Gasteiger partial charge in [0.2, 0.25) is 0 Å². The summed E-state index contributed by atoms with van der Waals surface area (Å²) in [6.07, 6.45) is 0.955. The quantitative estimate of drug-likeness (QED) is 0.835. The van der Waals surface area contributed by atoms with Gasteiger partial charge in [-0.3, -0.25) is 9.48 Å².